The summed E-state index contributed by atoms with van der Waals surface area (Å²) in [5.74, 6) is 1.67. The van der Waals surface area contributed by atoms with Gasteiger partial charge in [0.05, 0.1) is 10.9 Å². The zero-order valence-electron chi connectivity index (χ0n) is 13.1. The molecular formula is C17H23NO3S. The average Bonchev–Trinajstić information content (AvgIpc) is 3.09. The molecule has 0 radical (unpaired) electrons. The van der Waals surface area contributed by atoms with Crippen molar-refractivity contribution in [2.75, 3.05) is 6.26 Å². The van der Waals surface area contributed by atoms with E-state index < -0.39 is 9.84 Å². The largest absolute Gasteiger partial charge is 0.349 e. The van der Waals surface area contributed by atoms with Gasteiger partial charge in [0, 0.05) is 12.2 Å². The second kappa shape index (κ2) is 5.69. The summed E-state index contributed by atoms with van der Waals surface area (Å²) in [6.07, 6.45) is 5.94. The van der Waals surface area contributed by atoms with E-state index in [-0.39, 0.29) is 17.9 Å². The molecule has 2 bridgehead atoms. The molecule has 1 N–H and O–H groups in total. The number of carbonyl (C=O) groups is 1. The van der Waals surface area contributed by atoms with Crippen molar-refractivity contribution in [3.8, 4) is 0 Å². The molecule has 4 nitrogen and oxygen atoms in total. The molecule has 0 heterocycles. The molecule has 1 amide bonds. The highest BCUT2D eigenvalue weighted by atomic mass is 32.2. The highest BCUT2D eigenvalue weighted by molar-refractivity contribution is 7.90. The third-order valence-corrected chi connectivity index (χ3v) is 6.37. The summed E-state index contributed by atoms with van der Waals surface area (Å²) in [7, 11) is -3.17. The topological polar surface area (TPSA) is 63.2 Å². The van der Waals surface area contributed by atoms with Crippen LogP contribution in [0.2, 0.25) is 0 Å². The molecule has 2 aliphatic rings. The zero-order valence-corrected chi connectivity index (χ0v) is 13.9. The summed E-state index contributed by atoms with van der Waals surface area (Å²) in [4.78, 5) is 12.7. The molecule has 5 heteroatoms. The molecule has 2 aliphatic carbocycles. The lowest BCUT2D eigenvalue weighted by molar-refractivity contribution is -0.127. The zero-order chi connectivity index (χ0) is 15.9. The van der Waals surface area contributed by atoms with Gasteiger partial charge in [0.15, 0.2) is 9.84 Å². The van der Waals surface area contributed by atoms with Crippen molar-refractivity contribution in [1.29, 1.82) is 0 Å². The molecular weight excluding hydrogens is 298 g/mol. The molecule has 120 valence electrons. The lowest BCUT2D eigenvalue weighted by Crippen LogP contribution is -2.35. The van der Waals surface area contributed by atoms with Crippen LogP contribution < -0.4 is 5.32 Å². The fraction of sp³-hybridized carbons (Fsp3) is 0.588. The Bertz CT molecular complexity index is 666. The Morgan fingerprint density at radius 1 is 1.18 bits per heavy atom. The Morgan fingerprint density at radius 2 is 1.86 bits per heavy atom. The number of benzene rings is 1. The maximum atomic E-state index is 12.4. The summed E-state index contributed by atoms with van der Waals surface area (Å²) < 4.78 is 22.9. The van der Waals surface area contributed by atoms with Gasteiger partial charge in [-0.25, -0.2) is 8.42 Å². The SMILES string of the molecule is C[C@H](NC(=O)[C@H]1C[C@H]2CC[C@H]1C2)c1ccc(S(C)(=O)=O)cc1. The highest BCUT2D eigenvalue weighted by Crippen LogP contribution is 2.48. The summed E-state index contributed by atoms with van der Waals surface area (Å²) in [5.41, 5.74) is 0.934. The van der Waals surface area contributed by atoms with Crippen LogP contribution in [-0.4, -0.2) is 20.6 Å². The molecule has 22 heavy (non-hydrogen) atoms. The van der Waals surface area contributed by atoms with Crippen molar-refractivity contribution in [2.24, 2.45) is 17.8 Å². The molecule has 2 fully saturated rings. The summed E-state index contributed by atoms with van der Waals surface area (Å²) in [6.45, 7) is 1.94. The van der Waals surface area contributed by atoms with Crippen molar-refractivity contribution in [3.63, 3.8) is 0 Å². The fourth-order valence-electron chi connectivity index (χ4n) is 3.97. The molecule has 2 saturated carbocycles. The van der Waals surface area contributed by atoms with E-state index in [1.807, 2.05) is 6.92 Å². The minimum Gasteiger partial charge on any atom is -0.349 e. The predicted molar refractivity (Wildman–Crippen MR) is 85.0 cm³/mol. The van der Waals surface area contributed by atoms with E-state index >= 15 is 0 Å². The first-order chi connectivity index (χ1) is 10.3. The second-order valence-electron chi connectivity index (χ2n) is 6.85. The predicted octanol–water partition coefficient (Wildman–Crippen LogP) is 2.70. The molecule has 0 aliphatic heterocycles. The quantitative estimate of drug-likeness (QED) is 0.927. The molecule has 1 aromatic rings. The number of carbonyl (C=O) groups excluding carboxylic acids is 1. The second-order valence-corrected chi connectivity index (χ2v) is 8.87. The monoisotopic (exact) mass is 321 g/mol. The number of hydrogen-bond acceptors (Lipinski definition) is 3. The van der Waals surface area contributed by atoms with Crippen molar-refractivity contribution < 1.29 is 13.2 Å². The Morgan fingerprint density at radius 3 is 2.36 bits per heavy atom. The molecule has 0 unspecified atom stereocenters. The number of sulfone groups is 1. The van der Waals surface area contributed by atoms with Gasteiger partial charge in [-0.3, -0.25) is 4.79 Å². The van der Waals surface area contributed by atoms with Crippen LogP contribution in [0.5, 0.6) is 0 Å². The Hall–Kier alpha value is -1.36. The first-order valence-corrected chi connectivity index (χ1v) is 9.84. The van der Waals surface area contributed by atoms with Crippen molar-refractivity contribution in [1.82, 2.24) is 5.32 Å². The number of nitrogens with one attached hydrogen (secondary N) is 1. The Balaban J connectivity index is 1.64. The van der Waals surface area contributed by atoms with Crippen LogP contribution in [0.25, 0.3) is 0 Å². The van der Waals surface area contributed by atoms with Crippen LogP contribution in [0.1, 0.15) is 44.2 Å². The third kappa shape index (κ3) is 3.05. The third-order valence-electron chi connectivity index (χ3n) is 5.24. The van der Waals surface area contributed by atoms with Crippen LogP contribution in [0.4, 0.5) is 0 Å². The van der Waals surface area contributed by atoms with E-state index in [1.165, 1.54) is 25.5 Å². The van der Waals surface area contributed by atoms with Crippen LogP contribution in [0.15, 0.2) is 29.2 Å². The fourth-order valence-corrected chi connectivity index (χ4v) is 4.60. The normalized spacial score (nSPS) is 28.5. The Kier molecular flexibility index (Phi) is 4.02. The smallest absolute Gasteiger partial charge is 0.223 e. The van der Waals surface area contributed by atoms with E-state index in [0.29, 0.717) is 10.8 Å². The number of fused-ring (bicyclic) bond motifs is 2. The number of rotatable bonds is 4. The molecule has 0 aromatic heterocycles. The maximum Gasteiger partial charge on any atom is 0.223 e. The Labute approximate surface area is 132 Å². The van der Waals surface area contributed by atoms with Crippen molar-refractivity contribution in [2.45, 2.75) is 43.5 Å². The van der Waals surface area contributed by atoms with Gasteiger partial charge in [0.25, 0.3) is 0 Å². The van der Waals surface area contributed by atoms with Crippen LogP contribution in [0, 0.1) is 17.8 Å². The van der Waals surface area contributed by atoms with Gasteiger partial charge >= 0.3 is 0 Å². The molecule has 0 saturated heterocycles. The lowest BCUT2D eigenvalue weighted by atomic mass is 9.88. The van der Waals surface area contributed by atoms with E-state index in [1.54, 1.807) is 24.3 Å². The highest BCUT2D eigenvalue weighted by Gasteiger charge is 2.43. The van der Waals surface area contributed by atoms with Crippen LogP contribution in [0.3, 0.4) is 0 Å². The van der Waals surface area contributed by atoms with Gasteiger partial charge in [-0.05, 0) is 55.7 Å². The first kappa shape index (κ1) is 15.5. The molecule has 1 aromatic carbocycles. The molecule has 0 spiro atoms. The summed E-state index contributed by atoms with van der Waals surface area (Å²) >= 11 is 0. The van der Waals surface area contributed by atoms with Gasteiger partial charge in [-0.1, -0.05) is 18.6 Å². The van der Waals surface area contributed by atoms with E-state index in [9.17, 15) is 13.2 Å². The first-order valence-electron chi connectivity index (χ1n) is 7.95. The maximum absolute atomic E-state index is 12.4. The van der Waals surface area contributed by atoms with Gasteiger partial charge in [-0.15, -0.1) is 0 Å². The number of hydrogen-bond donors (Lipinski definition) is 1. The molecule has 3 rings (SSSR count). The summed E-state index contributed by atoms with van der Waals surface area (Å²) in [5, 5.41) is 3.09. The average molecular weight is 321 g/mol. The standard InChI is InChI=1S/C17H23NO3S/c1-11(13-5-7-15(8-6-13)22(2,20)21)18-17(19)16-10-12-3-4-14(16)9-12/h5-8,11-12,14,16H,3-4,9-10H2,1-2H3,(H,18,19)/t11-,12-,14-,16-/m0/s1. The van der Waals surface area contributed by atoms with Crippen molar-refractivity contribution >= 4 is 15.7 Å². The van der Waals surface area contributed by atoms with Gasteiger partial charge in [0.2, 0.25) is 5.91 Å². The van der Waals surface area contributed by atoms with Gasteiger partial charge in [-0.2, -0.15) is 0 Å². The minimum absolute atomic E-state index is 0.0970. The number of amides is 1. The van der Waals surface area contributed by atoms with E-state index in [0.717, 1.165) is 17.9 Å². The van der Waals surface area contributed by atoms with Gasteiger partial charge in [0.1, 0.15) is 0 Å². The summed E-state index contributed by atoms with van der Waals surface area (Å²) in [6, 6.07) is 6.67. The minimum atomic E-state index is -3.17. The van der Waals surface area contributed by atoms with Crippen molar-refractivity contribution in [3.05, 3.63) is 29.8 Å². The van der Waals surface area contributed by atoms with Crippen LogP contribution in [-0.2, 0) is 14.6 Å². The molecule has 4 atom stereocenters. The lowest BCUT2D eigenvalue weighted by Gasteiger charge is -2.23. The van der Waals surface area contributed by atoms with Crippen LogP contribution >= 0.6 is 0 Å². The van der Waals surface area contributed by atoms with E-state index in [4.69, 9.17) is 0 Å². The van der Waals surface area contributed by atoms with Gasteiger partial charge < -0.3 is 5.32 Å². The van der Waals surface area contributed by atoms with E-state index in [2.05, 4.69) is 5.32 Å².